The highest BCUT2D eigenvalue weighted by Crippen LogP contribution is 2.36. The van der Waals surface area contributed by atoms with Crippen LogP contribution in [0.4, 0.5) is 15.0 Å². The lowest BCUT2D eigenvalue weighted by atomic mass is 10.1. The fourth-order valence-corrected chi connectivity index (χ4v) is 5.71. The van der Waals surface area contributed by atoms with Crippen LogP contribution in [0.15, 0.2) is 0 Å². The van der Waals surface area contributed by atoms with Crippen LogP contribution in [0.2, 0.25) is 0 Å². The Balaban J connectivity index is 1.34. The lowest BCUT2D eigenvalue weighted by Gasteiger charge is -2.42. The number of alkyl halides is 1. The molecule has 1 aromatic heterocycles. The number of aromatic nitrogens is 2. The van der Waals surface area contributed by atoms with Crippen molar-refractivity contribution in [1.29, 1.82) is 0 Å². The fraction of sp³-hybridized carbons (Fsp3) is 0.792. The molecule has 0 aromatic carbocycles. The molecule has 5 heterocycles. The maximum absolute atomic E-state index is 13.8. The number of hydrogen-bond acceptors (Lipinski definition) is 8. The van der Waals surface area contributed by atoms with E-state index in [4.69, 9.17) is 19.4 Å². The third kappa shape index (κ3) is 4.79. The van der Waals surface area contributed by atoms with Crippen LogP contribution in [-0.2, 0) is 17.7 Å². The second-order valence-electron chi connectivity index (χ2n) is 11.1. The molecule has 4 aliphatic rings. The van der Waals surface area contributed by atoms with Crippen LogP contribution < -0.4 is 15.0 Å². The number of carbonyl (C=O) groups excluding carboxylic acids is 1. The third-order valence-corrected chi connectivity index (χ3v) is 7.32. The van der Waals surface area contributed by atoms with Crippen LogP contribution in [-0.4, -0.2) is 95.6 Å². The van der Waals surface area contributed by atoms with Crippen molar-refractivity contribution in [2.45, 2.75) is 82.9 Å². The van der Waals surface area contributed by atoms with Gasteiger partial charge in [0.25, 0.3) is 0 Å². The quantitative estimate of drug-likeness (QED) is 0.708. The third-order valence-electron chi connectivity index (χ3n) is 7.32. The summed E-state index contributed by atoms with van der Waals surface area (Å²) < 4.78 is 25.5. The summed E-state index contributed by atoms with van der Waals surface area (Å²) in [4.78, 5) is 28.7. The summed E-state index contributed by atoms with van der Waals surface area (Å²) in [7, 11) is 1.93. The maximum Gasteiger partial charge on any atom is 0.410 e. The molecule has 1 amide bonds. The summed E-state index contributed by atoms with van der Waals surface area (Å²) in [5.74, 6) is 0.922. The number of carbonyl (C=O) groups is 1. The number of likely N-dealkylation sites (N-methyl/N-ethyl adjacent to an activating group) is 1. The van der Waals surface area contributed by atoms with Gasteiger partial charge in [0.15, 0.2) is 0 Å². The minimum Gasteiger partial charge on any atom is -0.462 e. The molecule has 3 saturated heterocycles. The van der Waals surface area contributed by atoms with Gasteiger partial charge in [-0.25, -0.2) is 9.18 Å². The van der Waals surface area contributed by atoms with Crippen molar-refractivity contribution in [2.24, 2.45) is 0 Å². The Hall–Kier alpha value is -2.20. The van der Waals surface area contributed by atoms with Gasteiger partial charge in [-0.05, 0) is 60.0 Å². The number of likely N-dealkylation sites (tertiary alicyclic amines) is 1. The molecule has 0 radical (unpaired) electrons. The molecule has 4 aliphatic heterocycles. The molecule has 9 nitrogen and oxygen atoms in total. The van der Waals surface area contributed by atoms with E-state index in [9.17, 15) is 9.18 Å². The average molecular weight is 477 g/mol. The molecule has 1 N–H and O–H groups in total. The molecule has 0 saturated carbocycles. The van der Waals surface area contributed by atoms with Crippen LogP contribution in [0.3, 0.4) is 0 Å². The Morgan fingerprint density at radius 2 is 1.91 bits per heavy atom. The van der Waals surface area contributed by atoms with Crippen molar-refractivity contribution >= 4 is 11.9 Å². The highest BCUT2D eigenvalue weighted by Gasteiger charge is 2.45. The molecule has 188 valence electrons. The largest absolute Gasteiger partial charge is 0.462 e. The second-order valence-corrected chi connectivity index (χ2v) is 11.1. The normalized spacial score (nSPS) is 29.3. The van der Waals surface area contributed by atoms with E-state index >= 15 is 0 Å². The lowest BCUT2D eigenvalue weighted by molar-refractivity contribution is 0.0122. The smallest absolute Gasteiger partial charge is 0.410 e. The standard InChI is InChI=1S/C24H37FN6O3/c1-24(2,3)34-23(32)31-16-5-6-17(31)13-30(12-16)21-19-7-8-26-10-20(19)27-22(28-21)33-14-18-9-15(25)11-29(18)4/h15-18,26H,5-14H2,1-4H3/t15-,16?,17?,18+/m1/s1. The average Bonchev–Trinajstić information content (AvgIpc) is 3.24. The van der Waals surface area contributed by atoms with E-state index in [1.807, 2.05) is 37.6 Å². The zero-order valence-electron chi connectivity index (χ0n) is 20.7. The molecule has 2 unspecified atom stereocenters. The fourth-order valence-electron chi connectivity index (χ4n) is 5.71. The summed E-state index contributed by atoms with van der Waals surface area (Å²) in [6.07, 6.45) is 2.25. The number of rotatable bonds is 4. The maximum atomic E-state index is 13.8. The summed E-state index contributed by atoms with van der Waals surface area (Å²) >= 11 is 0. The number of piperazine rings is 1. The second kappa shape index (κ2) is 9.11. The minimum atomic E-state index is -0.806. The SMILES string of the molecule is CN1C[C@H](F)C[C@H]1COc1nc2c(c(N3CC4CCC(C3)N4C(=O)OC(C)(C)C)n1)CCNC2. The van der Waals surface area contributed by atoms with E-state index in [1.54, 1.807) is 0 Å². The van der Waals surface area contributed by atoms with E-state index < -0.39 is 11.8 Å². The van der Waals surface area contributed by atoms with Crippen molar-refractivity contribution in [2.75, 3.05) is 44.7 Å². The van der Waals surface area contributed by atoms with Gasteiger partial charge in [-0.1, -0.05) is 0 Å². The highest BCUT2D eigenvalue weighted by molar-refractivity contribution is 5.70. The van der Waals surface area contributed by atoms with E-state index in [0.29, 0.717) is 32.1 Å². The number of fused-ring (bicyclic) bond motifs is 3. The van der Waals surface area contributed by atoms with Crippen molar-refractivity contribution in [3.8, 4) is 6.01 Å². The van der Waals surface area contributed by atoms with Crippen molar-refractivity contribution < 1.29 is 18.7 Å². The van der Waals surface area contributed by atoms with Crippen LogP contribution in [0.1, 0.15) is 51.3 Å². The molecular formula is C24H37FN6O3. The first-order valence-electron chi connectivity index (χ1n) is 12.5. The number of nitrogens with zero attached hydrogens (tertiary/aromatic N) is 5. The van der Waals surface area contributed by atoms with E-state index in [-0.39, 0.29) is 24.2 Å². The molecule has 2 bridgehead atoms. The van der Waals surface area contributed by atoms with Gasteiger partial charge in [-0.15, -0.1) is 0 Å². The Bertz CT molecular complexity index is 911. The first-order chi connectivity index (χ1) is 16.2. The Labute approximate surface area is 201 Å². The molecular weight excluding hydrogens is 439 g/mol. The number of anilines is 1. The first-order valence-corrected chi connectivity index (χ1v) is 12.5. The van der Waals surface area contributed by atoms with Crippen LogP contribution in [0.25, 0.3) is 0 Å². The molecule has 1 aromatic rings. The highest BCUT2D eigenvalue weighted by atomic mass is 19.1. The zero-order valence-corrected chi connectivity index (χ0v) is 20.7. The van der Waals surface area contributed by atoms with Gasteiger partial charge in [0.1, 0.15) is 24.2 Å². The van der Waals surface area contributed by atoms with Gasteiger partial charge < -0.3 is 19.7 Å². The molecule has 5 rings (SSSR count). The monoisotopic (exact) mass is 476 g/mol. The van der Waals surface area contributed by atoms with Gasteiger partial charge in [-0.3, -0.25) is 9.80 Å². The van der Waals surface area contributed by atoms with Crippen LogP contribution >= 0.6 is 0 Å². The van der Waals surface area contributed by atoms with Crippen LogP contribution in [0.5, 0.6) is 6.01 Å². The molecule has 0 spiro atoms. The van der Waals surface area contributed by atoms with Crippen molar-refractivity contribution in [3.63, 3.8) is 0 Å². The number of ether oxygens (including phenoxy) is 2. The number of amides is 1. The van der Waals surface area contributed by atoms with Gasteiger partial charge in [0.05, 0.1) is 17.8 Å². The Kier molecular flexibility index (Phi) is 6.31. The number of nitrogens with one attached hydrogen (secondary N) is 1. The number of halogens is 1. The molecule has 34 heavy (non-hydrogen) atoms. The summed E-state index contributed by atoms with van der Waals surface area (Å²) in [5, 5.41) is 3.39. The molecule has 3 fully saturated rings. The van der Waals surface area contributed by atoms with E-state index in [1.165, 1.54) is 0 Å². The lowest BCUT2D eigenvalue weighted by Crippen LogP contribution is -2.57. The van der Waals surface area contributed by atoms with Crippen LogP contribution in [0, 0.1) is 0 Å². The predicted octanol–water partition coefficient (Wildman–Crippen LogP) is 2.13. The summed E-state index contributed by atoms with van der Waals surface area (Å²) in [6.45, 7) is 9.55. The van der Waals surface area contributed by atoms with Crippen molar-refractivity contribution in [3.05, 3.63) is 11.3 Å². The van der Waals surface area contributed by atoms with Gasteiger partial charge in [0, 0.05) is 37.8 Å². The topological polar surface area (TPSA) is 83.1 Å². The minimum absolute atomic E-state index is 0.0319. The molecule has 4 atom stereocenters. The Morgan fingerprint density at radius 1 is 1.18 bits per heavy atom. The summed E-state index contributed by atoms with van der Waals surface area (Å²) in [5.41, 5.74) is 1.63. The zero-order chi connectivity index (χ0) is 24.0. The molecule has 10 heteroatoms. The van der Waals surface area contributed by atoms with Crippen molar-refractivity contribution in [1.82, 2.24) is 25.1 Å². The predicted molar refractivity (Wildman–Crippen MR) is 126 cm³/mol. The number of hydrogen-bond donors (Lipinski definition) is 1. The Morgan fingerprint density at radius 3 is 2.56 bits per heavy atom. The van der Waals surface area contributed by atoms with Gasteiger partial charge in [-0.2, -0.15) is 9.97 Å². The summed E-state index contributed by atoms with van der Waals surface area (Å²) in [6, 6.07) is 0.609. The van der Waals surface area contributed by atoms with Gasteiger partial charge in [0.2, 0.25) is 0 Å². The van der Waals surface area contributed by atoms with E-state index in [0.717, 1.165) is 56.0 Å². The first kappa shape index (κ1) is 23.5. The van der Waals surface area contributed by atoms with Gasteiger partial charge >= 0.3 is 12.1 Å². The van der Waals surface area contributed by atoms with E-state index in [2.05, 4.69) is 10.2 Å². The molecule has 0 aliphatic carbocycles.